The lowest BCUT2D eigenvalue weighted by molar-refractivity contribution is 0.655. The van der Waals surface area contributed by atoms with E-state index >= 15 is 0 Å². The van der Waals surface area contributed by atoms with E-state index in [4.69, 9.17) is 0 Å². The van der Waals surface area contributed by atoms with Crippen LogP contribution in [0.1, 0.15) is 35.6 Å². The molecule has 5 nitrogen and oxygen atoms in total. The van der Waals surface area contributed by atoms with Gasteiger partial charge >= 0.3 is 0 Å². The molecule has 0 unspecified atom stereocenters. The third-order valence-electron chi connectivity index (χ3n) is 3.48. The average Bonchev–Trinajstić information content (AvgIpc) is 2.82. The van der Waals surface area contributed by atoms with Crippen molar-refractivity contribution in [1.29, 1.82) is 0 Å². The second-order valence-electron chi connectivity index (χ2n) is 4.80. The number of hydrogen-bond acceptors (Lipinski definition) is 3. The maximum absolute atomic E-state index is 12.0. The van der Waals surface area contributed by atoms with Crippen LogP contribution in [0.15, 0.2) is 17.1 Å². The number of aromatic nitrogens is 4. The molecule has 2 aromatic rings. The minimum atomic E-state index is 0.00866. The zero-order chi connectivity index (χ0) is 13.2. The van der Waals surface area contributed by atoms with Gasteiger partial charge < -0.3 is 4.98 Å². The molecule has 0 bridgehead atoms. The second-order valence-corrected chi connectivity index (χ2v) is 4.80. The Bertz CT molecular complexity index is 681. The molecule has 3 rings (SSSR count). The van der Waals surface area contributed by atoms with E-state index in [1.54, 1.807) is 10.9 Å². The summed E-state index contributed by atoms with van der Waals surface area (Å²) in [7, 11) is 1.88. The molecule has 0 radical (unpaired) electrons. The van der Waals surface area contributed by atoms with Gasteiger partial charge in [-0.25, -0.2) is 4.98 Å². The van der Waals surface area contributed by atoms with E-state index in [-0.39, 0.29) is 5.56 Å². The predicted molar refractivity (Wildman–Crippen MR) is 73.6 cm³/mol. The van der Waals surface area contributed by atoms with Gasteiger partial charge in [-0.3, -0.25) is 9.48 Å². The summed E-state index contributed by atoms with van der Waals surface area (Å²) >= 11 is 0. The molecule has 0 aliphatic heterocycles. The zero-order valence-corrected chi connectivity index (χ0v) is 10.9. The Morgan fingerprint density at radius 3 is 2.95 bits per heavy atom. The van der Waals surface area contributed by atoms with E-state index in [2.05, 4.69) is 15.1 Å². The molecule has 2 aromatic heterocycles. The van der Waals surface area contributed by atoms with Gasteiger partial charge in [0.15, 0.2) is 0 Å². The fourth-order valence-corrected chi connectivity index (χ4v) is 2.41. The van der Waals surface area contributed by atoms with Crippen molar-refractivity contribution < 1.29 is 0 Å². The molecule has 0 spiro atoms. The third kappa shape index (κ3) is 2.36. The van der Waals surface area contributed by atoms with Gasteiger partial charge in [0.25, 0.3) is 5.56 Å². The summed E-state index contributed by atoms with van der Waals surface area (Å²) in [4.78, 5) is 19.3. The lowest BCUT2D eigenvalue weighted by Gasteiger charge is -2.13. The number of fused-ring (bicyclic) bond motifs is 1. The molecule has 0 aromatic carbocycles. The fourth-order valence-electron chi connectivity index (χ4n) is 2.41. The maximum atomic E-state index is 12.0. The lowest BCUT2D eigenvalue weighted by Crippen LogP contribution is -2.21. The van der Waals surface area contributed by atoms with Crippen LogP contribution >= 0.6 is 0 Å². The first kappa shape index (κ1) is 11.9. The maximum Gasteiger partial charge on any atom is 0.254 e. The van der Waals surface area contributed by atoms with Crippen molar-refractivity contribution in [2.75, 3.05) is 0 Å². The highest BCUT2D eigenvalue weighted by Gasteiger charge is 2.14. The molecule has 2 heterocycles. The molecule has 0 atom stereocenters. The molecule has 98 valence electrons. The van der Waals surface area contributed by atoms with Crippen molar-refractivity contribution >= 4 is 12.2 Å². The first-order chi connectivity index (χ1) is 9.24. The van der Waals surface area contributed by atoms with Crippen LogP contribution in [0.25, 0.3) is 12.2 Å². The molecule has 0 amide bonds. The summed E-state index contributed by atoms with van der Waals surface area (Å²) in [5.74, 6) is 0.617. The predicted octanol–water partition coefficient (Wildman–Crippen LogP) is 1.55. The van der Waals surface area contributed by atoms with Crippen molar-refractivity contribution in [1.82, 2.24) is 19.7 Å². The average molecular weight is 256 g/mol. The van der Waals surface area contributed by atoms with Crippen molar-refractivity contribution in [2.24, 2.45) is 7.05 Å². The van der Waals surface area contributed by atoms with Crippen LogP contribution in [-0.2, 0) is 19.9 Å². The Morgan fingerprint density at radius 2 is 2.16 bits per heavy atom. The Balaban J connectivity index is 1.94. The number of H-pyrrole nitrogens is 1. The molecule has 5 heteroatoms. The summed E-state index contributed by atoms with van der Waals surface area (Å²) in [5, 5.41) is 4.09. The molecule has 0 saturated carbocycles. The molecule has 1 N–H and O–H groups in total. The summed E-state index contributed by atoms with van der Waals surface area (Å²) in [6.45, 7) is 0. The summed E-state index contributed by atoms with van der Waals surface area (Å²) in [6.07, 6.45) is 9.43. The van der Waals surface area contributed by atoms with Gasteiger partial charge in [0, 0.05) is 18.8 Å². The lowest BCUT2D eigenvalue weighted by atomic mass is 9.97. The Labute approximate surface area is 111 Å². The van der Waals surface area contributed by atoms with Gasteiger partial charge in [-0.2, -0.15) is 5.10 Å². The van der Waals surface area contributed by atoms with Crippen LogP contribution in [0.5, 0.6) is 0 Å². The van der Waals surface area contributed by atoms with E-state index < -0.39 is 0 Å². The van der Waals surface area contributed by atoms with Crippen LogP contribution < -0.4 is 5.56 Å². The van der Waals surface area contributed by atoms with Crippen molar-refractivity contribution in [3.05, 3.63) is 45.4 Å². The molecular formula is C14H16N4O. The highest BCUT2D eigenvalue weighted by atomic mass is 16.1. The number of hydrogen-bond donors (Lipinski definition) is 1. The normalized spacial score (nSPS) is 14.8. The van der Waals surface area contributed by atoms with Gasteiger partial charge in [0.05, 0.1) is 11.4 Å². The highest BCUT2D eigenvalue weighted by molar-refractivity contribution is 5.64. The monoisotopic (exact) mass is 256 g/mol. The largest absolute Gasteiger partial charge is 0.307 e. The van der Waals surface area contributed by atoms with Crippen LogP contribution in [0.3, 0.4) is 0 Å². The molecule has 0 saturated heterocycles. The quantitative estimate of drug-likeness (QED) is 0.886. The van der Waals surface area contributed by atoms with Crippen LogP contribution in [0.2, 0.25) is 0 Å². The Hall–Kier alpha value is -2.17. The van der Waals surface area contributed by atoms with Gasteiger partial charge in [0.1, 0.15) is 5.82 Å². The van der Waals surface area contributed by atoms with Gasteiger partial charge in [-0.05, 0) is 43.9 Å². The molecule has 1 aliphatic rings. The minimum absolute atomic E-state index is 0.00866. The molecule has 1 aliphatic carbocycles. The van der Waals surface area contributed by atoms with Crippen LogP contribution in [0.4, 0.5) is 0 Å². The highest BCUT2D eigenvalue weighted by Crippen LogP contribution is 2.16. The van der Waals surface area contributed by atoms with Crippen molar-refractivity contribution in [3.63, 3.8) is 0 Å². The van der Waals surface area contributed by atoms with E-state index in [9.17, 15) is 4.79 Å². The third-order valence-corrected chi connectivity index (χ3v) is 3.48. The fraction of sp³-hybridized carbons (Fsp3) is 0.357. The van der Waals surface area contributed by atoms with E-state index in [0.29, 0.717) is 5.82 Å². The van der Waals surface area contributed by atoms with Crippen LogP contribution in [0, 0.1) is 0 Å². The Morgan fingerprint density at radius 1 is 1.32 bits per heavy atom. The van der Waals surface area contributed by atoms with E-state index in [0.717, 1.165) is 42.6 Å². The van der Waals surface area contributed by atoms with Crippen molar-refractivity contribution in [2.45, 2.75) is 25.7 Å². The summed E-state index contributed by atoms with van der Waals surface area (Å²) in [6, 6.07) is 1.91. The molecular weight excluding hydrogens is 240 g/mol. The molecule has 0 fully saturated rings. The first-order valence-corrected chi connectivity index (χ1v) is 6.52. The smallest absolute Gasteiger partial charge is 0.254 e. The zero-order valence-electron chi connectivity index (χ0n) is 10.9. The number of aromatic amines is 1. The first-order valence-electron chi connectivity index (χ1n) is 6.52. The number of nitrogens with one attached hydrogen (secondary N) is 1. The number of rotatable bonds is 2. The topological polar surface area (TPSA) is 63.6 Å². The number of nitrogens with zero attached hydrogens (tertiary/aromatic N) is 3. The SMILES string of the molecule is Cn1nccc1/C=C/c1nc2c(c(=O)[nH]1)CCCC2. The van der Waals surface area contributed by atoms with E-state index in [1.165, 1.54) is 0 Å². The Kier molecular flexibility index (Phi) is 3.03. The van der Waals surface area contributed by atoms with Crippen molar-refractivity contribution in [3.8, 4) is 0 Å². The number of aryl methyl sites for hydroxylation is 2. The van der Waals surface area contributed by atoms with Gasteiger partial charge in [-0.1, -0.05) is 0 Å². The van der Waals surface area contributed by atoms with Gasteiger partial charge in [-0.15, -0.1) is 0 Å². The van der Waals surface area contributed by atoms with E-state index in [1.807, 2.05) is 25.3 Å². The standard InChI is InChI=1S/C14H16N4O/c1-18-10(8-9-15-18)6-7-13-16-12-5-3-2-4-11(12)14(19)17-13/h6-9H,2-5H2,1H3,(H,16,17,19)/b7-6+. The van der Waals surface area contributed by atoms with Crippen LogP contribution in [-0.4, -0.2) is 19.7 Å². The van der Waals surface area contributed by atoms with Gasteiger partial charge in [0.2, 0.25) is 0 Å². The minimum Gasteiger partial charge on any atom is -0.307 e. The summed E-state index contributed by atoms with van der Waals surface area (Å²) in [5.41, 5.74) is 2.80. The second kappa shape index (κ2) is 4.84. The molecule has 19 heavy (non-hydrogen) atoms. The summed E-state index contributed by atoms with van der Waals surface area (Å²) < 4.78 is 1.77.